The summed E-state index contributed by atoms with van der Waals surface area (Å²) in [6.45, 7) is 1.92. The molecule has 1 aromatic rings. The zero-order chi connectivity index (χ0) is 13.2. The average Bonchev–Trinajstić information content (AvgIpc) is 2.98. The Morgan fingerprint density at radius 1 is 1.26 bits per heavy atom. The van der Waals surface area contributed by atoms with E-state index in [1.54, 1.807) is 6.07 Å². The second kappa shape index (κ2) is 5.33. The predicted molar refractivity (Wildman–Crippen MR) is 73.9 cm³/mol. The molecule has 3 rings (SSSR count). The van der Waals surface area contributed by atoms with E-state index in [0.29, 0.717) is 17.6 Å². The van der Waals surface area contributed by atoms with Crippen LogP contribution in [-0.4, -0.2) is 28.4 Å². The molecule has 1 aliphatic heterocycles. The predicted octanol–water partition coefficient (Wildman–Crippen LogP) is 2.73. The van der Waals surface area contributed by atoms with Gasteiger partial charge in [0.15, 0.2) is 0 Å². The van der Waals surface area contributed by atoms with Gasteiger partial charge < -0.3 is 5.11 Å². The minimum absolute atomic E-state index is 0.264. The van der Waals surface area contributed by atoms with Gasteiger partial charge in [0.2, 0.25) is 0 Å². The third kappa shape index (κ3) is 2.66. The van der Waals surface area contributed by atoms with Crippen LogP contribution in [0.4, 0.5) is 0 Å². The van der Waals surface area contributed by atoms with Crippen molar-refractivity contribution in [3.63, 3.8) is 0 Å². The van der Waals surface area contributed by atoms with Crippen molar-refractivity contribution in [2.24, 2.45) is 5.92 Å². The number of rotatable bonds is 3. The van der Waals surface area contributed by atoms with Crippen LogP contribution in [0.25, 0.3) is 0 Å². The summed E-state index contributed by atoms with van der Waals surface area (Å²) in [6, 6.07) is 7.89. The van der Waals surface area contributed by atoms with Crippen molar-refractivity contribution in [3.05, 3.63) is 29.8 Å². The quantitative estimate of drug-likeness (QED) is 0.907. The van der Waals surface area contributed by atoms with Gasteiger partial charge in [-0.3, -0.25) is 9.69 Å². The standard InChI is InChI=1S/C16H21NO2/c18-13-5-1-4-12(10-13)11-17-9-3-7-15(17)14-6-2-8-16(14)19/h1,4-5,10,14-15,18H,2-3,6-9,11H2. The van der Waals surface area contributed by atoms with Crippen molar-refractivity contribution in [2.75, 3.05) is 6.54 Å². The van der Waals surface area contributed by atoms with E-state index in [2.05, 4.69) is 4.90 Å². The number of hydrogen-bond acceptors (Lipinski definition) is 3. The number of carbonyl (C=O) groups excluding carboxylic acids is 1. The summed E-state index contributed by atoms with van der Waals surface area (Å²) in [5.74, 6) is 1.05. The lowest BCUT2D eigenvalue weighted by molar-refractivity contribution is -0.122. The van der Waals surface area contributed by atoms with E-state index in [4.69, 9.17) is 0 Å². The molecule has 2 aliphatic rings. The van der Waals surface area contributed by atoms with Gasteiger partial charge in [0.05, 0.1) is 0 Å². The van der Waals surface area contributed by atoms with Crippen molar-refractivity contribution < 1.29 is 9.90 Å². The number of phenols is 1. The molecule has 1 heterocycles. The van der Waals surface area contributed by atoms with Crippen LogP contribution in [0, 0.1) is 5.92 Å². The highest BCUT2D eigenvalue weighted by molar-refractivity contribution is 5.83. The number of phenolic OH excluding ortho intramolecular Hbond substituents is 1. The number of likely N-dealkylation sites (tertiary alicyclic amines) is 1. The Morgan fingerprint density at radius 2 is 2.16 bits per heavy atom. The molecule has 2 unspecified atom stereocenters. The number of nitrogens with zero attached hydrogens (tertiary/aromatic N) is 1. The first-order valence-corrected chi connectivity index (χ1v) is 7.29. The summed E-state index contributed by atoms with van der Waals surface area (Å²) in [5, 5.41) is 9.53. The zero-order valence-corrected chi connectivity index (χ0v) is 11.2. The molecule has 1 N–H and O–H groups in total. The topological polar surface area (TPSA) is 40.5 Å². The molecule has 1 aliphatic carbocycles. The summed E-state index contributed by atoms with van der Waals surface area (Å²) in [7, 11) is 0. The molecule has 2 fully saturated rings. The highest BCUT2D eigenvalue weighted by atomic mass is 16.3. The molecule has 2 atom stereocenters. The van der Waals surface area contributed by atoms with E-state index < -0.39 is 0 Å². The van der Waals surface area contributed by atoms with Crippen LogP contribution < -0.4 is 0 Å². The summed E-state index contributed by atoms with van der Waals surface area (Å²) in [5.41, 5.74) is 1.14. The molecule has 19 heavy (non-hydrogen) atoms. The number of aromatic hydroxyl groups is 1. The monoisotopic (exact) mass is 259 g/mol. The van der Waals surface area contributed by atoms with Crippen molar-refractivity contribution in [1.29, 1.82) is 0 Å². The van der Waals surface area contributed by atoms with Crippen molar-refractivity contribution in [2.45, 2.75) is 44.7 Å². The van der Waals surface area contributed by atoms with Gasteiger partial charge in [-0.05, 0) is 49.9 Å². The van der Waals surface area contributed by atoms with Gasteiger partial charge in [0.25, 0.3) is 0 Å². The molecule has 1 aromatic carbocycles. The van der Waals surface area contributed by atoms with E-state index in [0.717, 1.165) is 44.3 Å². The van der Waals surface area contributed by atoms with Gasteiger partial charge in [-0.15, -0.1) is 0 Å². The lowest BCUT2D eigenvalue weighted by Gasteiger charge is -2.28. The first-order chi connectivity index (χ1) is 9.24. The molecule has 3 nitrogen and oxygen atoms in total. The van der Waals surface area contributed by atoms with Crippen LogP contribution in [0.5, 0.6) is 5.75 Å². The Morgan fingerprint density at radius 3 is 2.89 bits per heavy atom. The summed E-state index contributed by atoms with van der Waals surface area (Å²) >= 11 is 0. The first-order valence-electron chi connectivity index (χ1n) is 7.29. The smallest absolute Gasteiger partial charge is 0.137 e. The SMILES string of the molecule is O=C1CCCC1C1CCCN1Cc1cccc(O)c1. The third-order valence-corrected chi connectivity index (χ3v) is 4.53. The van der Waals surface area contributed by atoms with Crippen molar-refractivity contribution in [3.8, 4) is 5.75 Å². The highest BCUT2D eigenvalue weighted by Crippen LogP contribution is 2.34. The molecule has 102 valence electrons. The zero-order valence-electron chi connectivity index (χ0n) is 11.2. The van der Waals surface area contributed by atoms with Crippen LogP contribution in [0.1, 0.15) is 37.7 Å². The van der Waals surface area contributed by atoms with Crippen LogP contribution in [-0.2, 0) is 11.3 Å². The lowest BCUT2D eigenvalue weighted by Crippen LogP contribution is -2.36. The van der Waals surface area contributed by atoms with Crippen molar-refractivity contribution in [1.82, 2.24) is 4.90 Å². The third-order valence-electron chi connectivity index (χ3n) is 4.53. The Labute approximate surface area is 114 Å². The Hall–Kier alpha value is -1.35. The average molecular weight is 259 g/mol. The van der Waals surface area contributed by atoms with Gasteiger partial charge in [0.1, 0.15) is 11.5 Å². The molecule has 0 amide bonds. The van der Waals surface area contributed by atoms with Crippen LogP contribution in [0.15, 0.2) is 24.3 Å². The molecule has 0 spiro atoms. The largest absolute Gasteiger partial charge is 0.508 e. The Kier molecular flexibility index (Phi) is 3.56. The maximum absolute atomic E-state index is 11.9. The molecular weight excluding hydrogens is 238 g/mol. The van der Waals surface area contributed by atoms with Crippen LogP contribution >= 0.6 is 0 Å². The maximum Gasteiger partial charge on any atom is 0.137 e. The fraction of sp³-hybridized carbons (Fsp3) is 0.562. The summed E-state index contributed by atoms with van der Waals surface area (Å²) in [4.78, 5) is 14.4. The second-order valence-electron chi connectivity index (χ2n) is 5.81. The molecule has 0 bridgehead atoms. The van der Waals surface area contributed by atoms with E-state index >= 15 is 0 Å². The molecule has 0 radical (unpaired) electrons. The minimum atomic E-state index is 0.264. The number of hydrogen-bond donors (Lipinski definition) is 1. The fourth-order valence-corrected chi connectivity index (χ4v) is 3.64. The van der Waals surface area contributed by atoms with E-state index in [-0.39, 0.29) is 5.92 Å². The molecule has 3 heteroatoms. The summed E-state index contributed by atoms with van der Waals surface area (Å²) < 4.78 is 0. The van der Waals surface area contributed by atoms with E-state index in [1.165, 1.54) is 6.42 Å². The number of benzene rings is 1. The van der Waals surface area contributed by atoms with Crippen molar-refractivity contribution >= 4 is 5.78 Å². The lowest BCUT2D eigenvalue weighted by atomic mass is 9.95. The fourth-order valence-electron chi connectivity index (χ4n) is 3.64. The number of ketones is 1. The Balaban J connectivity index is 1.71. The van der Waals surface area contributed by atoms with E-state index in [1.807, 2.05) is 18.2 Å². The normalized spacial score (nSPS) is 28.1. The molecule has 0 aromatic heterocycles. The minimum Gasteiger partial charge on any atom is -0.508 e. The molecule has 1 saturated heterocycles. The van der Waals surface area contributed by atoms with Gasteiger partial charge in [-0.25, -0.2) is 0 Å². The van der Waals surface area contributed by atoms with Crippen LogP contribution in [0.3, 0.4) is 0 Å². The molecule has 1 saturated carbocycles. The van der Waals surface area contributed by atoms with Gasteiger partial charge in [-0.1, -0.05) is 12.1 Å². The number of carbonyl (C=O) groups is 1. The summed E-state index contributed by atoms with van der Waals surface area (Å²) in [6.07, 6.45) is 5.25. The highest BCUT2D eigenvalue weighted by Gasteiger charge is 2.37. The van der Waals surface area contributed by atoms with Gasteiger partial charge in [-0.2, -0.15) is 0 Å². The number of Topliss-reactive ketones (excluding diaryl/α,β-unsaturated/α-hetero) is 1. The van der Waals surface area contributed by atoms with E-state index in [9.17, 15) is 9.90 Å². The van der Waals surface area contributed by atoms with Gasteiger partial charge in [0, 0.05) is 24.9 Å². The first kappa shape index (κ1) is 12.7. The van der Waals surface area contributed by atoms with Gasteiger partial charge >= 0.3 is 0 Å². The molecular formula is C16H21NO2. The maximum atomic E-state index is 11.9. The van der Waals surface area contributed by atoms with Crippen LogP contribution in [0.2, 0.25) is 0 Å². The second-order valence-corrected chi connectivity index (χ2v) is 5.81. The Bertz CT molecular complexity index is 472.